The second-order valence-corrected chi connectivity index (χ2v) is 5.59. The van der Waals surface area contributed by atoms with Crippen molar-refractivity contribution in [1.29, 1.82) is 0 Å². The molecule has 90 valence electrons. The minimum atomic E-state index is -0.567. The lowest BCUT2D eigenvalue weighted by atomic mass is 10.1. The normalized spacial score (nSPS) is 11.8. The predicted octanol–water partition coefficient (Wildman–Crippen LogP) is 3.89. The van der Waals surface area contributed by atoms with Crippen LogP contribution in [-0.2, 0) is 5.54 Å². The highest BCUT2D eigenvalue weighted by atomic mass is 32.1. The predicted molar refractivity (Wildman–Crippen MR) is 66.9 cm³/mol. The largest absolute Gasteiger partial charge is 0.321 e. The minimum Gasteiger partial charge on any atom is -0.321 e. The fraction of sp³-hybridized carbons (Fsp3) is 0.231. The van der Waals surface area contributed by atoms with Gasteiger partial charge >= 0.3 is 0 Å². The van der Waals surface area contributed by atoms with Gasteiger partial charge in [-0.2, -0.15) is 0 Å². The van der Waals surface area contributed by atoms with Gasteiger partial charge in [0.25, 0.3) is 0 Å². The summed E-state index contributed by atoms with van der Waals surface area (Å²) in [4.78, 5) is 1.73. The first-order valence-electron chi connectivity index (χ1n) is 5.22. The molecule has 0 fully saturated rings. The first-order chi connectivity index (χ1) is 7.88. The highest BCUT2D eigenvalue weighted by Gasteiger charge is 2.18. The number of hydrogen-bond donors (Lipinski definition) is 1. The van der Waals surface area contributed by atoms with E-state index < -0.39 is 17.2 Å². The summed E-state index contributed by atoms with van der Waals surface area (Å²) < 4.78 is 26.4. The smallest absolute Gasteiger partial charge is 0.134 e. The molecule has 0 atom stereocenters. The Morgan fingerprint density at radius 2 is 1.82 bits per heavy atom. The van der Waals surface area contributed by atoms with Gasteiger partial charge < -0.3 is 5.73 Å². The fourth-order valence-electron chi connectivity index (χ4n) is 1.52. The van der Waals surface area contributed by atoms with Crippen molar-refractivity contribution in [3.8, 4) is 10.4 Å². The summed E-state index contributed by atoms with van der Waals surface area (Å²) >= 11 is 1.43. The van der Waals surface area contributed by atoms with Crippen LogP contribution in [0.15, 0.2) is 30.3 Å². The molecule has 2 aromatic rings. The van der Waals surface area contributed by atoms with Crippen LogP contribution in [0.25, 0.3) is 10.4 Å². The van der Waals surface area contributed by atoms with Crippen molar-refractivity contribution >= 4 is 11.3 Å². The van der Waals surface area contributed by atoms with Gasteiger partial charge in [0.15, 0.2) is 0 Å². The number of thiophene rings is 1. The molecule has 0 saturated carbocycles. The van der Waals surface area contributed by atoms with Crippen LogP contribution < -0.4 is 5.73 Å². The Hall–Kier alpha value is -1.26. The van der Waals surface area contributed by atoms with Crippen LogP contribution in [-0.4, -0.2) is 0 Å². The first-order valence-corrected chi connectivity index (χ1v) is 6.04. The topological polar surface area (TPSA) is 26.0 Å². The summed E-state index contributed by atoms with van der Waals surface area (Å²) in [5.74, 6) is -1.12. The van der Waals surface area contributed by atoms with Gasteiger partial charge in [0.1, 0.15) is 11.6 Å². The van der Waals surface area contributed by atoms with Crippen molar-refractivity contribution in [2.45, 2.75) is 19.4 Å². The van der Waals surface area contributed by atoms with Crippen molar-refractivity contribution < 1.29 is 8.78 Å². The number of hydrogen-bond acceptors (Lipinski definition) is 2. The van der Waals surface area contributed by atoms with E-state index in [0.717, 1.165) is 15.8 Å². The molecule has 1 nitrogen and oxygen atoms in total. The maximum Gasteiger partial charge on any atom is 0.134 e. The monoisotopic (exact) mass is 253 g/mol. The number of rotatable bonds is 2. The molecule has 4 heteroatoms. The van der Waals surface area contributed by atoms with E-state index in [4.69, 9.17) is 5.73 Å². The molecule has 0 unspecified atom stereocenters. The Labute approximate surface area is 103 Å². The molecule has 0 aliphatic heterocycles. The first kappa shape index (κ1) is 12.2. The van der Waals surface area contributed by atoms with Gasteiger partial charge in [0, 0.05) is 26.9 Å². The van der Waals surface area contributed by atoms with Crippen molar-refractivity contribution in [3.05, 3.63) is 46.8 Å². The van der Waals surface area contributed by atoms with Crippen LogP contribution in [0.4, 0.5) is 8.78 Å². The third-order valence-electron chi connectivity index (χ3n) is 2.44. The maximum atomic E-state index is 13.6. The fourth-order valence-corrected chi connectivity index (χ4v) is 2.57. The summed E-state index contributed by atoms with van der Waals surface area (Å²) in [5, 5.41) is 0. The summed E-state index contributed by atoms with van der Waals surface area (Å²) in [7, 11) is 0. The van der Waals surface area contributed by atoms with Gasteiger partial charge in [-0.15, -0.1) is 11.3 Å². The molecule has 2 rings (SSSR count). The molecule has 0 aliphatic carbocycles. The van der Waals surface area contributed by atoms with E-state index in [1.807, 2.05) is 26.0 Å². The van der Waals surface area contributed by atoms with Crippen molar-refractivity contribution in [3.63, 3.8) is 0 Å². The quantitative estimate of drug-likeness (QED) is 0.863. The Kier molecular flexibility index (Phi) is 3.02. The molecular weight excluding hydrogens is 240 g/mol. The van der Waals surface area contributed by atoms with Crippen molar-refractivity contribution in [2.75, 3.05) is 0 Å². The van der Waals surface area contributed by atoms with Crippen molar-refractivity contribution in [2.24, 2.45) is 5.73 Å². The minimum absolute atomic E-state index is 0.409. The number of benzene rings is 1. The molecule has 1 aromatic carbocycles. The molecule has 0 radical (unpaired) electrons. The Morgan fingerprint density at radius 1 is 1.12 bits per heavy atom. The maximum absolute atomic E-state index is 13.6. The lowest BCUT2D eigenvalue weighted by molar-refractivity contribution is 0.567. The molecule has 2 N–H and O–H groups in total. The number of nitrogens with two attached hydrogens (primary N) is 1. The second kappa shape index (κ2) is 4.20. The van der Waals surface area contributed by atoms with Gasteiger partial charge in [-0.05, 0) is 38.1 Å². The average molecular weight is 253 g/mol. The number of halogens is 2. The Bertz CT molecular complexity index is 541. The van der Waals surface area contributed by atoms with Gasteiger partial charge in [0.2, 0.25) is 0 Å². The van der Waals surface area contributed by atoms with Crippen LogP contribution in [0.1, 0.15) is 18.7 Å². The Balaban J connectivity index is 2.44. The van der Waals surface area contributed by atoms with Crippen LogP contribution in [0.5, 0.6) is 0 Å². The van der Waals surface area contributed by atoms with Gasteiger partial charge in [-0.1, -0.05) is 0 Å². The van der Waals surface area contributed by atoms with E-state index in [9.17, 15) is 8.78 Å². The third-order valence-corrected chi connectivity index (χ3v) is 3.90. The Morgan fingerprint density at radius 3 is 2.35 bits per heavy atom. The second-order valence-electron chi connectivity index (χ2n) is 4.51. The molecule has 1 aromatic heterocycles. The summed E-state index contributed by atoms with van der Waals surface area (Å²) in [6, 6.07) is 7.28. The standard InChI is InChI=1S/C13H13F2NS/c1-13(2,16)12-6-5-11(17-12)9-4-3-8(14)7-10(9)15/h3-7H,16H2,1-2H3. The summed E-state index contributed by atoms with van der Waals surface area (Å²) in [5.41, 5.74) is 5.93. The van der Waals surface area contributed by atoms with Gasteiger partial charge in [-0.3, -0.25) is 0 Å². The van der Waals surface area contributed by atoms with Crippen LogP contribution >= 0.6 is 11.3 Å². The van der Waals surface area contributed by atoms with Gasteiger partial charge in [0.05, 0.1) is 0 Å². The van der Waals surface area contributed by atoms with Crippen LogP contribution in [0, 0.1) is 11.6 Å². The molecular formula is C13H13F2NS. The highest BCUT2D eigenvalue weighted by molar-refractivity contribution is 7.15. The molecule has 0 bridgehead atoms. The molecule has 0 amide bonds. The molecule has 0 spiro atoms. The van der Waals surface area contributed by atoms with Crippen LogP contribution in [0.2, 0.25) is 0 Å². The highest BCUT2D eigenvalue weighted by Crippen LogP contribution is 2.34. The van der Waals surface area contributed by atoms with Crippen molar-refractivity contribution in [1.82, 2.24) is 0 Å². The molecule has 0 saturated heterocycles. The van der Waals surface area contributed by atoms with E-state index in [2.05, 4.69) is 0 Å². The van der Waals surface area contributed by atoms with E-state index in [1.165, 1.54) is 23.5 Å². The molecule has 1 heterocycles. The average Bonchev–Trinajstić information content (AvgIpc) is 2.65. The van der Waals surface area contributed by atoms with E-state index in [1.54, 1.807) is 0 Å². The van der Waals surface area contributed by atoms with E-state index in [-0.39, 0.29) is 0 Å². The summed E-state index contributed by atoms with van der Waals surface area (Å²) in [6.45, 7) is 3.78. The molecule has 17 heavy (non-hydrogen) atoms. The van der Waals surface area contributed by atoms with Gasteiger partial charge in [-0.25, -0.2) is 8.78 Å². The summed E-state index contributed by atoms with van der Waals surface area (Å²) in [6.07, 6.45) is 0. The van der Waals surface area contributed by atoms with E-state index >= 15 is 0 Å². The van der Waals surface area contributed by atoms with Crippen LogP contribution in [0.3, 0.4) is 0 Å². The zero-order chi connectivity index (χ0) is 12.6. The van der Waals surface area contributed by atoms with E-state index in [0.29, 0.717) is 5.56 Å². The SMILES string of the molecule is CC(C)(N)c1ccc(-c2ccc(F)cc2F)s1. The molecule has 0 aliphatic rings. The lowest BCUT2D eigenvalue weighted by Gasteiger charge is -2.15. The zero-order valence-corrected chi connectivity index (χ0v) is 10.4. The lowest BCUT2D eigenvalue weighted by Crippen LogP contribution is -2.27. The third kappa shape index (κ3) is 2.53. The zero-order valence-electron chi connectivity index (χ0n) is 9.63.